The molecule has 1 aromatic carbocycles. The summed E-state index contributed by atoms with van der Waals surface area (Å²) in [6, 6.07) is 11.5. The highest BCUT2D eigenvalue weighted by atomic mass is 16.5. The van der Waals surface area contributed by atoms with E-state index in [0.717, 1.165) is 18.4 Å². The van der Waals surface area contributed by atoms with Crippen molar-refractivity contribution in [3.8, 4) is 0 Å². The lowest BCUT2D eigenvalue weighted by molar-refractivity contribution is -0.138. The highest BCUT2D eigenvalue weighted by Gasteiger charge is 2.65. The fraction of sp³-hybridized carbons (Fsp3) is 0.458. The maximum atomic E-state index is 13.6. The molecular weight excluding hydrogens is 394 g/mol. The van der Waals surface area contributed by atoms with Crippen LogP contribution < -0.4 is 5.56 Å². The Balaban J connectivity index is 1.35. The largest absolute Gasteiger partial charge is 0.351 e. The second-order valence-corrected chi connectivity index (χ2v) is 9.13. The van der Waals surface area contributed by atoms with Gasteiger partial charge in [0.25, 0.3) is 11.5 Å². The van der Waals surface area contributed by atoms with Crippen molar-refractivity contribution in [3.63, 3.8) is 0 Å². The molecule has 0 radical (unpaired) electrons. The second kappa shape index (κ2) is 6.53. The van der Waals surface area contributed by atoms with Crippen molar-refractivity contribution < 1.29 is 14.3 Å². The van der Waals surface area contributed by atoms with E-state index < -0.39 is 5.72 Å². The van der Waals surface area contributed by atoms with E-state index in [1.54, 1.807) is 22.6 Å². The molecule has 7 nitrogen and oxygen atoms in total. The molecule has 4 heterocycles. The van der Waals surface area contributed by atoms with Crippen molar-refractivity contribution in [1.29, 1.82) is 0 Å². The van der Waals surface area contributed by atoms with Crippen LogP contribution in [0.1, 0.15) is 59.3 Å². The van der Waals surface area contributed by atoms with Gasteiger partial charge in [0.15, 0.2) is 5.72 Å². The van der Waals surface area contributed by atoms with E-state index in [1.165, 1.54) is 0 Å². The zero-order valence-corrected chi connectivity index (χ0v) is 17.5. The Kier molecular flexibility index (Phi) is 3.96. The summed E-state index contributed by atoms with van der Waals surface area (Å²) in [6.07, 6.45) is 4.55. The molecular formula is C24H25N3O4. The first kappa shape index (κ1) is 18.8. The second-order valence-electron chi connectivity index (χ2n) is 9.13. The molecule has 1 spiro atoms. The molecule has 0 bridgehead atoms. The lowest BCUT2D eigenvalue weighted by Crippen LogP contribution is -2.50. The van der Waals surface area contributed by atoms with Gasteiger partial charge in [0.2, 0.25) is 5.91 Å². The molecule has 7 heteroatoms. The SMILES string of the molecule is Cc1ccn(C2CC2)c(=O)c1C(=O)N1CC[C@@]23OC[C@@H](c4ccccc4)N2C(=O)C[C@@H]13. The minimum Gasteiger partial charge on any atom is -0.351 e. The molecule has 1 aromatic heterocycles. The van der Waals surface area contributed by atoms with Crippen molar-refractivity contribution in [2.45, 2.75) is 56.5 Å². The first-order chi connectivity index (χ1) is 15.0. The number of pyridine rings is 1. The van der Waals surface area contributed by atoms with Crippen LogP contribution in [-0.4, -0.2) is 51.1 Å². The molecule has 0 unspecified atom stereocenters. The number of rotatable bonds is 3. The first-order valence-corrected chi connectivity index (χ1v) is 11.0. The van der Waals surface area contributed by atoms with E-state index in [-0.39, 0.29) is 47.5 Å². The Morgan fingerprint density at radius 3 is 2.65 bits per heavy atom. The number of aryl methyl sites for hydroxylation is 1. The molecule has 1 aliphatic carbocycles. The van der Waals surface area contributed by atoms with Crippen molar-refractivity contribution in [2.24, 2.45) is 0 Å². The predicted octanol–water partition coefficient (Wildman–Crippen LogP) is 2.41. The van der Waals surface area contributed by atoms with Gasteiger partial charge in [-0.2, -0.15) is 0 Å². The molecule has 3 saturated heterocycles. The highest BCUT2D eigenvalue weighted by molar-refractivity contribution is 5.97. The number of aromatic nitrogens is 1. The Morgan fingerprint density at radius 2 is 1.90 bits per heavy atom. The molecule has 1 saturated carbocycles. The summed E-state index contributed by atoms with van der Waals surface area (Å²) in [7, 11) is 0. The number of nitrogens with zero attached hydrogens (tertiary/aromatic N) is 3. The maximum Gasteiger partial charge on any atom is 0.263 e. The summed E-state index contributed by atoms with van der Waals surface area (Å²) in [6.45, 7) is 2.71. The Bertz CT molecular complexity index is 1140. The summed E-state index contributed by atoms with van der Waals surface area (Å²) in [5, 5.41) is 0. The van der Waals surface area contributed by atoms with Gasteiger partial charge in [-0.25, -0.2) is 0 Å². The van der Waals surface area contributed by atoms with E-state index in [4.69, 9.17) is 4.74 Å². The Hall–Kier alpha value is -2.93. The predicted molar refractivity (Wildman–Crippen MR) is 112 cm³/mol. The van der Waals surface area contributed by atoms with Crippen LogP contribution in [0.2, 0.25) is 0 Å². The molecule has 2 amide bonds. The lowest BCUT2D eigenvalue weighted by atomic mass is 10.0. The zero-order valence-electron chi connectivity index (χ0n) is 17.5. The van der Waals surface area contributed by atoms with Crippen molar-refractivity contribution in [2.75, 3.05) is 13.2 Å². The number of carbonyl (C=O) groups excluding carboxylic acids is 2. The third-order valence-corrected chi connectivity index (χ3v) is 7.38. The minimum atomic E-state index is -0.786. The summed E-state index contributed by atoms with van der Waals surface area (Å²) < 4.78 is 7.99. The third kappa shape index (κ3) is 2.59. The molecule has 6 rings (SSSR count). The molecule has 160 valence electrons. The normalized spacial score (nSPS) is 29.4. The molecule has 4 fully saturated rings. The topological polar surface area (TPSA) is 71.9 Å². The number of hydrogen-bond acceptors (Lipinski definition) is 4. The number of hydrogen-bond donors (Lipinski definition) is 0. The van der Waals surface area contributed by atoms with Crippen molar-refractivity contribution >= 4 is 11.8 Å². The summed E-state index contributed by atoms with van der Waals surface area (Å²) in [4.78, 5) is 43.3. The van der Waals surface area contributed by atoms with Crippen molar-refractivity contribution in [1.82, 2.24) is 14.4 Å². The maximum absolute atomic E-state index is 13.6. The Morgan fingerprint density at radius 1 is 1.13 bits per heavy atom. The number of likely N-dealkylation sites (tertiary alicyclic amines) is 1. The lowest BCUT2D eigenvalue weighted by Gasteiger charge is -2.33. The van der Waals surface area contributed by atoms with E-state index in [9.17, 15) is 14.4 Å². The number of ether oxygens (including phenoxy) is 1. The van der Waals surface area contributed by atoms with Gasteiger partial charge in [0.05, 0.1) is 25.1 Å². The van der Waals surface area contributed by atoms with E-state index >= 15 is 0 Å². The van der Waals surface area contributed by atoms with Crippen LogP contribution in [0.25, 0.3) is 0 Å². The van der Waals surface area contributed by atoms with E-state index in [0.29, 0.717) is 25.1 Å². The summed E-state index contributed by atoms with van der Waals surface area (Å²) >= 11 is 0. The van der Waals surface area contributed by atoms with Crippen molar-refractivity contribution in [3.05, 3.63) is 69.6 Å². The van der Waals surface area contributed by atoms with Gasteiger partial charge in [-0.1, -0.05) is 30.3 Å². The fourth-order valence-corrected chi connectivity index (χ4v) is 5.69. The van der Waals surface area contributed by atoms with Gasteiger partial charge in [0, 0.05) is 25.2 Å². The number of carbonyl (C=O) groups is 2. The average Bonchev–Trinajstić information content (AvgIpc) is 3.35. The summed E-state index contributed by atoms with van der Waals surface area (Å²) in [5.41, 5.74) is 0.956. The van der Waals surface area contributed by atoms with E-state index in [2.05, 4.69) is 0 Å². The van der Waals surface area contributed by atoms with Crippen LogP contribution in [0.4, 0.5) is 0 Å². The summed E-state index contributed by atoms with van der Waals surface area (Å²) in [5.74, 6) is -0.269. The standard InChI is InChI=1S/C24H25N3O4/c1-15-9-11-25(17-7-8-17)22(29)21(15)23(30)26-12-10-24-19(26)13-20(28)27(24)18(14-31-24)16-5-3-2-4-6-16/h2-6,9,11,17-19H,7-8,10,12-14H2,1H3/t18-,19+,24-/m0/s1. The van der Waals surface area contributed by atoms with Crippen LogP contribution in [0, 0.1) is 6.92 Å². The van der Waals surface area contributed by atoms with Gasteiger partial charge in [0.1, 0.15) is 5.56 Å². The smallest absolute Gasteiger partial charge is 0.263 e. The monoisotopic (exact) mass is 419 g/mol. The van der Waals surface area contributed by atoms with Gasteiger partial charge in [-0.05, 0) is 37.0 Å². The highest BCUT2D eigenvalue weighted by Crippen LogP contribution is 2.51. The van der Waals surface area contributed by atoms with Crippen LogP contribution in [-0.2, 0) is 9.53 Å². The van der Waals surface area contributed by atoms with Crippen LogP contribution in [0.15, 0.2) is 47.4 Å². The van der Waals surface area contributed by atoms with Gasteiger partial charge >= 0.3 is 0 Å². The van der Waals surface area contributed by atoms with Gasteiger partial charge in [-0.15, -0.1) is 0 Å². The van der Waals surface area contributed by atoms with E-state index in [1.807, 2.05) is 41.3 Å². The quantitative estimate of drug-likeness (QED) is 0.766. The van der Waals surface area contributed by atoms with Crippen LogP contribution in [0.5, 0.6) is 0 Å². The number of benzene rings is 1. The number of amides is 2. The van der Waals surface area contributed by atoms with Crippen LogP contribution in [0.3, 0.4) is 0 Å². The average molecular weight is 419 g/mol. The first-order valence-electron chi connectivity index (χ1n) is 11.0. The fourth-order valence-electron chi connectivity index (χ4n) is 5.69. The zero-order chi connectivity index (χ0) is 21.3. The molecule has 2 aromatic rings. The van der Waals surface area contributed by atoms with Crippen LogP contribution >= 0.6 is 0 Å². The Labute approximate surface area is 180 Å². The minimum absolute atomic E-state index is 0.00836. The van der Waals surface area contributed by atoms with Gasteiger partial charge in [-0.3, -0.25) is 14.4 Å². The molecule has 31 heavy (non-hydrogen) atoms. The molecule has 4 aliphatic rings. The molecule has 3 atom stereocenters. The molecule has 0 N–H and O–H groups in total. The third-order valence-electron chi connectivity index (χ3n) is 7.38. The molecule has 3 aliphatic heterocycles. The van der Waals surface area contributed by atoms with Gasteiger partial charge < -0.3 is 19.1 Å².